The molecule has 0 aliphatic rings. The van der Waals surface area contributed by atoms with Crippen molar-refractivity contribution < 1.29 is 21.6 Å². The Balaban J connectivity index is 1.28. The summed E-state index contributed by atoms with van der Waals surface area (Å²) in [6, 6.07) is 56.3. The van der Waals surface area contributed by atoms with E-state index in [9.17, 15) is 5.11 Å². The summed E-state index contributed by atoms with van der Waals surface area (Å²) in [5.74, 6) is 0.342. The van der Waals surface area contributed by atoms with Crippen LogP contribution in [0.2, 0.25) is 0 Å². The van der Waals surface area contributed by atoms with Gasteiger partial charge in [-0.3, -0.25) is 9.55 Å². The highest BCUT2D eigenvalue weighted by Crippen LogP contribution is 2.46. The molecule has 0 saturated heterocycles. The van der Waals surface area contributed by atoms with Gasteiger partial charge in [0.1, 0.15) is 11.6 Å². The molecule has 0 radical (unpaired) electrons. The molecule has 4 heteroatoms. The third-order valence-corrected chi connectivity index (χ3v) is 14.3. The van der Waals surface area contributed by atoms with Crippen molar-refractivity contribution in [1.82, 2.24) is 14.5 Å². The first kappa shape index (κ1) is 37.8. The summed E-state index contributed by atoms with van der Waals surface area (Å²) in [4.78, 5) is 10.5. The summed E-state index contributed by atoms with van der Waals surface area (Å²) in [5.41, 5.74) is 7.27. The highest BCUT2D eigenvalue weighted by Gasteiger charge is 2.29. The molecule has 4 nitrogen and oxygen atoms in total. The SMILES string of the molecule is [2H]C([2H])([2H])c1cc(-c2ccccc2)ccc1-n1c(-c2cc(C(C)(C)C)cc(C(C)(C)C)c2O)nc2c(-c3cc(-c4ccc(C(C)(C)C)cc4)cc(-c4cc(-c5cc(-c6ccccc6)ccc5C(C([2H])([2H])[2H])(C([2H])([2H])[2H])C([2H])([2H])[2H])ccn4)c3)cccc21. The standard InChI is InChI=1S/C71H71N3O/c1-45-37-49(46-21-16-14-17-22-46)30-34-63(45)74-64-26-20-25-57(65(64)73-67(74)59-43-56(69(5,6)7)44-61(66(59)75)71(11,12)13)53-38-52(48-27-31-55(32-28-48)68(2,3)4)39-54(40-53)62-42-51(35-36-72-62)58-41-50(47-23-18-15-19-24-47)29-33-60(58)70(8,9)10/h14-44,75H,1-13H3/i1D3,8D3,9D3,10D3. The normalized spacial score (nSPS) is 15.4. The number of pyridine rings is 1. The maximum Gasteiger partial charge on any atom is 0.149 e. The van der Waals surface area contributed by atoms with Crippen molar-refractivity contribution in [2.75, 3.05) is 0 Å². The average molecular weight is 994 g/mol. The summed E-state index contributed by atoms with van der Waals surface area (Å²) < 4.78 is 108. The lowest BCUT2D eigenvalue weighted by Gasteiger charge is -2.27. The van der Waals surface area contributed by atoms with Crippen LogP contribution in [0.25, 0.3) is 95.0 Å². The first-order chi connectivity index (χ1) is 40.5. The highest BCUT2D eigenvalue weighted by atomic mass is 16.3. The Morgan fingerprint density at radius 1 is 0.427 bits per heavy atom. The van der Waals surface area contributed by atoms with E-state index in [4.69, 9.17) is 26.4 Å². The third kappa shape index (κ3) is 10.1. The molecule has 8 aromatic carbocycles. The van der Waals surface area contributed by atoms with Gasteiger partial charge in [0.05, 0.1) is 28.0 Å². The summed E-state index contributed by atoms with van der Waals surface area (Å²) in [7, 11) is 0. The first-order valence-corrected chi connectivity index (χ1v) is 25.5. The van der Waals surface area contributed by atoms with E-state index in [0.29, 0.717) is 72.7 Å². The van der Waals surface area contributed by atoms with Crippen molar-refractivity contribution in [2.24, 2.45) is 0 Å². The molecule has 10 rings (SSSR count). The number of rotatable bonds is 8. The van der Waals surface area contributed by atoms with E-state index in [0.717, 1.165) is 33.4 Å². The number of phenols is 1. The van der Waals surface area contributed by atoms with Crippen LogP contribution in [0.15, 0.2) is 188 Å². The molecule has 2 aromatic heterocycles. The summed E-state index contributed by atoms with van der Waals surface area (Å²) in [5, 5.41) is 12.7. The van der Waals surface area contributed by atoms with Gasteiger partial charge < -0.3 is 5.11 Å². The Hall–Kier alpha value is -7.82. The third-order valence-electron chi connectivity index (χ3n) is 14.3. The number of para-hydroxylation sites is 1. The molecule has 0 spiro atoms. The van der Waals surface area contributed by atoms with E-state index in [1.807, 2.05) is 141 Å². The fourth-order valence-corrected chi connectivity index (χ4v) is 10.0. The number of imidazole rings is 1. The van der Waals surface area contributed by atoms with Gasteiger partial charge >= 0.3 is 0 Å². The number of aryl methyl sites for hydroxylation is 1. The number of aromatic nitrogens is 3. The van der Waals surface area contributed by atoms with Crippen molar-refractivity contribution >= 4 is 11.0 Å². The monoisotopic (exact) mass is 994 g/mol. The van der Waals surface area contributed by atoms with E-state index in [1.165, 1.54) is 6.07 Å². The van der Waals surface area contributed by atoms with Crippen LogP contribution >= 0.6 is 0 Å². The molecule has 10 aromatic rings. The fraction of sp³-hybridized carbons (Fsp3) is 0.239. The fourth-order valence-electron chi connectivity index (χ4n) is 10.0. The van der Waals surface area contributed by atoms with Crippen LogP contribution in [0.3, 0.4) is 0 Å². The van der Waals surface area contributed by atoms with Crippen molar-refractivity contribution in [3.63, 3.8) is 0 Å². The molecule has 0 aliphatic carbocycles. The molecule has 0 unspecified atom stereocenters. The van der Waals surface area contributed by atoms with Gasteiger partial charge in [0, 0.05) is 39.3 Å². The molecule has 0 atom stereocenters. The van der Waals surface area contributed by atoms with E-state index in [2.05, 4.69) is 71.9 Å². The number of hydrogen-bond donors (Lipinski definition) is 1. The average Bonchev–Trinajstić information content (AvgIpc) is 0.881. The minimum atomic E-state index is -3.54. The van der Waals surface area contributed by atoms with Gasteiger partial charge in [-0.2, -0.15) is 0 Å². The zero-order valence-corrected chi connectivity index (χ0v) is 44.2. The molecule has 0 amide bonds. The number of benzene rings is 8. The Bertz CT molecular complexity index is 4180. The van der Waals surface area contributed by atoms with E-state index in [-0.39, 0.29) is 33.3 Å². The second-order valence-electron chi connectivity index (χ2n) is 22.9. The largest absolute Gasteiger partial charge is 0.507 e. The number of aromatic hydroxyl groups is 1. The lowest BCUT2D eigenvalue weighted by atomic mass is 9.79. The van der Waals surface area contributed by atoms with Crippen LogP contribution < -0.4 is 0 Å². The summed E-state index contributed by atoms with van der Waals surface area (Å²) in [6.07, 6.45) is 1.54. The molecule has 2 heterocycles. The predicted molar refractivity (Wildman–Crippen MR) is 318 cm³/mol. The Morgan fingerprint density at radius 2 is 1.04 bits per heavy atom. The zero-order valence-electron chi connectivity index (χ0n) is 56.2. The molecular weight excluding hydrogens is 911 g/mol. The number of hydrogen-bond acceptors (Lipinski definition) is 3. The Labute approximate surface area is 462 Å². The van der Waals surface area contributed by atoms with Gasteiger partial charge in [0.15, 0.2) is 0 Å². The van der Waals surface area contributed by atoms with Crippen molar-refractivity contribution in [3.8, 4) is 89.7 Å². The van der Waals surface area contributed by atoms with Gasteiger partial charge in [0.2, 0.25) is 0 Å². The zero-order chi connectivity index (χ0) is 63.2. The molecular formula is C71H71N3O. The molecule has 376 valence electrons. The van der Waals surface area contributed by atoms with Crippen LogP contribution in [0.1, 0.15) is 127 Å². The minimum Gasteiger partial charge on any atom is -0.507 e. The molecule has 0 fully saturated rings. The Morgan fingerprint density at radius 3 is 1.68 bits per heavy atom. The van der Waals surface area contributed by atoms with Crippen LogP contribution in [0.5, 0.6) is 5.75 Å². The number of phenolic OH excluding ortho intramolecular Hbond substituents is 1. The maximum absolute atomic E-state index is 12.7. The quantitative estimate of drug-likeness (QED) is 0.165. The highest BCUT2D eigenvalue weighted by molar-refractivity contribution is 5.98. The van der Waals surface area contributed by atoms with Gasteiger partial charge in [-0.1, -0.05) is 204 Å². The summed E-state index contributed by atoms with van der Waals surface area (Å²) in [6.45, 7) is 5.67. The van der Waals surface area contributed by atoms with Gasteiger partial charge in [0.25, 0.3) is 0 Å². The second kappa shape index (κ2) is 19.1. The Kier molecular flexibility index (Phi) is 9.66. The van der Waals surface area contributed by atoms with E-state index < -0.39 is 38.2 Å². The molecule has 0 aliphatic heterocycles. The molecule has 0 bridgehead atoms. The van der Waals surface area contributed by atoms with Crippen LogP contribution in [-0.2, 0) is 21.7 Å². The lowest BCUT2D eigenvalue weighted by Crippen LogP contribution is -2.17. The van der Waals surface area contributed by atoms with Crippen molar-refractivity contribution in [1.29, 1.82) is 0 Å². The first-order valence-electron chi connectivity index (χ1n) is 31.5. The van der Waals surface area contributed by atoms with E-state index in [1.54, 1.807) is 36.5 Å². The number of fused-ring (bicyclic) bond motifs is 1. The minimum absolute atomic E-state index is 0.0187. The van der Waals surface area contributed by atoms with Crippen LogP contribution in [-0.4, -0.2) is 19.6 Å². The van der Waals surface area contributed by atoms with Gasteiger partial charge in [-0.05, 0) is 162 Å². The second-order valence-corrected chi connectivity index (χ2v) is 22.9. The summed E-state index contributed by atoms with van der Waals surface area (Å²) >= 11 is 0. The molecule has 0 saturated carbocycles. The predicted octanol–water partition coefficient (Wildman–Crippen LogP) is 19.3. The molecule has 1 N–H and O–H groups in total. The lowest BCUT2D eigenvalue weighted by molar-refractivity contribution is 0.446. The van der Waals surface area contributed by atoms with Crippen LogP contribution in [0.4, 0.5) is 0 Å². The smallest absolute Gasteiger partial charge is 0.149 e. The van der Waals surface area contributed by atoms with Crippen molar-refractivity contribution in [2.45, 2.75) is 111 Å². The maximum atomic E-state index is 12.7. The molecule has 75 heavy (non-hydrogen) atoms. The van der Waals surface area contributed by atoms with E-state index >= 15 is 0 Å². The topological polar surface area (TPSA) is 50.9 Å². The van der Waals surface area contributed by atoms with Gasteiger partial charge in [-0.15, -0.1) is 0 Å². The number of nitrogens with zero attached hydrogens (tertiary/aromatic N) is 3. The van der Waals surface area contributed by atoms with Crippen molar-refractivity contribution in [3.05, 3.63) is 216 Å². The van der Waals surface area contributed by atoms with Gasteiger partial charge in [-0.25, -0.2) is 4.98 Å². The van der Waals surface area contributed by atoms with Crippen LogP contribution in [0, 0.1) is 6.85 Å².